The third-order valence-electron chi connectivity index (χ3n) is 9.22. The molecule has 1 aromatic carbocycles. The molecule has 0 radical (unpaired) electrons. The maximum absolute atomic E-state index is 12.1. The molecule has 0 saturated carbocycles. The Hall–Kier alpha value is -2.61. The van der Waals surface area contributed by atoms with Crippen LogP contribution >= 0.6 is 11.6 Å². The fraction of sp³-hybridized carbons (Fsp3) is 0.533. The number of likely N-dealkylation sites (tertiary alicyclic amines) is 2. The van der Waals surface area contributed by atoms with Gasteiger partial charge in [-0.2, -0.15) is 0 Å². The third-order valence-corrected chi connectivity index (χ3v) is 9.54. The average Bonchev–Trinajstić information content (AvgIpc) is 3.34. The molecule has 202 valence electrons. The van der Waals surface area contributed by atoms with Gasteiger partial charge < -0.3 is 19.8 Å². The van der Waals surface area contributed by atoms with E-state index in [2.05, 4.69) is 35.3 Å². The number of hydrogen-bond acceptors (Lipinski definition) is 6. The summed E-state index contributed by atoms with van der Waals surface area (Å²) in [6.45, 7) is 13.3. The molecule has 0 bridgehead atoms. The van der Waals surface area contributed by atoms with Crippen molar-refractivity contribution >= 4 is 23.3 Å². The van der Waals surface area contributed by atoms with Crippen molar-refractivity contribution in [2.45, 2.75) is 45.2 Å². The summed E-state index contributed by atoms with van der Waals surface area (Å²) in [5.41, 5.74) is 5.67. The van der Waals surface area contributed by atoms with Crippen LogP contribution in [-0.2, 0) is 17.8 Å². The number of anilines is 1. The Morgan fingerprint density at radius 3 is 2.82 bits per heavy atom. The van der Waals surface area contributed by atoms with Crippen molar-refractivity contribution in [1.82, 2.24) is 19.7 Å². The highest BCUT2D eigenvalue weighted by Crippen LogP contribution is 2.45. The molecule has 7 nitrogen and oxygen atoms in total. The predicted molar refractivity (Wildman–Crippen MR) is 152 cm³/mol. The van der Waals surface area contributed by atoms with Gasteiger partial charge in [-0.1, -0.05) is 18.2 Å². The summed E-state index contributed by atoms with van der Waals surface area (Å²) in [6.07, 6.45) is 5.86. The second-order valence-electron chi connectivity index (χ2n) is 11.9. The minimum Gasteiger partial charge on any atom is -0.508 e. The molecule has 3 fully saturated rings. The van der Waals surface area contributed by atoms with Crippen molar-refractivity contribution in [3.05, 3.63) is 52.7 Å². The normalized spacial score (nSPS) is 23.4. The van der Waals surface area contributed by atoms with Crippen molar-refractivity contribution in [3.8, 4) is 16.9 Å². The lowest BCUT2D eigenvalue weighted by Gasteiger charge is -2.47. The second-order valence-corrected chi connectivity index (χ2v) is 12.3. The molecule has 1 unspecified atom stereocenters. The third kappa shape index (κ3) is 4.48. The molecular formula is C30H38ClN5O2. The number of rotatable bonds is 4. The quantitative estimate of drug-likeness (QED) is 0.595. The van der Waals surface area contributed by atoms with Gasteiger partial charge in [0.2, 0.25) is 5.91 Å². The Bertz CT molecular complexity index is 1270. The molecule has 1 N–H and O–H groups in total. The molecule has 6 rings (SSSR count). The summed E-state index contributed by atoms with van der Waals surface area (Å²) in [7, 11) is 2.22. The Labute approximate surface area is 230 Å². The highest BCUT2D eigenvalue weighted by molar-refractivity contribution is 6.33. The van der Waals surface area contributed by atoms with Gasteiger partial charge in [0.15, 0.2) is 0 Å². The predicted octanol–water partition coefficient (Wildman–Crippen LogP) is 4.09. The standard InChI is InChI=1S/C30H38ClN5O2/c1-4-27(38)36-18-30(19-36)10-13-35(17-30)29-20(2)28(24-14-22(37)7-8-25(24)31)23-9-12-34(16-26(23)32-29)21-6-5-11-33(3)15-21/h4,7-8,14,21,37H,1,5-6,9-13,15-19H2,2-3H3. The Balaban J connectivity index is 1.36. The van der Waals surface area contributed by atoms with Crippen LogP contribution in [0.15, 0.2) is 30.9 Å². The number of aromatic nitrogens is 1. The molecule has 8 heteroatoms. The van der Waals surface area contributed by atoms with Gasteiger partial charge in [0.05, 0.1) is 5.69 Å². The number of benzene rings is 1. The van der Waals surface area contributed by atoms with Crippen molar-refractivity contribution < 1.29 is 9.90 Å². The number of phenols is 1. The highest BCUT2D eigenvalue weighted by Gasteiger charge is 2.49. The number of piperidine rings is 1. The number of phenolic OH excluding ortho intramolecular Hbond substituents is 1. The van der Waals surface area contributed by atoms with Crippen molar-refractivity contribution in [3.63, 3.8) is 0 Å². The topological polar surface area (TPSA) is 63.2 Å². The maximum Gasteiger partial charge on any atom is 0.245 e. The van der Waals surface area contributed by atoms with E-state index in [0.717, 1.165) is 86.9 Å². The number of carbonyl (C=O) groups excluding carboxylic acids is 1. The monoisotopic (exact) mass is 535 g/mol. The second kappa shape index (κ2) is 9.85. The number of likely N-dealkylation sites (N-methyl/N-ethyl adjacent to an activating group) is 1. The summed E-state index contributed by atoms with van der Waals surface area (Å²) in [4.78, 5) is 26.8. The van der Waals surface area contributed by atoms with E-state index < -0.39 is 0 Å². The maximum atomic E-state index is 12.1. The van der Waals surface area contributed by atoms with Crippen LogP contribution in [0.4, 0.5) is 5.82 Å². The van der Waals surface area contributed by atoms with Crippen molar-refractivity contribution in [2.24, 2.45) is 5.41 Å². The smallest absolute Gasteiger partial charge is 0.245 e. The van der Waals surface area contributed by atoms with Crippen molar-refractivity contribution in [1.29, 1.82) is 0 Å². The van der Waals surface area contributed by atoms with E-state index in [-0.39, 0.29) is 17.1 Å². The van der Waals surface area contributed by atoms with Crippen LogP contribution in [0.25, 0.3) is 11.1 Å². The van der Waals surface area contributed by atoms with E-state index in [1.165, 1.54) is 31.0 Å². The summed E-state index contributed by atoms with van der Waals surface area (Å²) in [6, 6.07) is 5.79. The van der Waals surface area contributed by atoms with Crippen LogP contribution in [0.1, 0.15) is 36.1 Å². The van der Waals surface area contributed by atoms with Crippen LogP contribution < -0.4 is 4.90 Å². The summed E-state index contributed by atoms with van der Waals surface area (Å²) in [5, 5.41) is 11.0. The lowest BCUT2D eigenvalue weighted by molar-refractivity contribution is -0.136. The molecule has 4 aliphatic heterocycles. The first-order chi connectivity index (χ1) is 18.3. The fourth-order valence-electron chi connectivity index (χ4n) is 7.24. The SMILES string of the molecule is C=CC(=O)N1CC2(CCN(c3nc4c(c(-c5cc(O)ccc5Cl)c3C)CCN(C3CCCN(C)C3)C4)C2)C1. The number of amides is 1. The largest absolute Gasteiger partial charge is 0.508 e. The zero-order chi connectivity index (χ0) is 26.6. The highest BCUT2D eigenvalue weighted by atomic mass is 35.5. The number of aromatic hydroxyl groups is 1. The number of pyridine rings is 1. The minimum absolute atomic E-state index is 0.0198. The molecular weight excluding hydrogens is 498 g/mol. The molecule has 1 amide bonds. The molecule has 5 heterocycles. The van der Waals surface area contributed by atoms with Crippen LogP contribution in [0.2, 0.25) is 5.02 Å². The average molecular weight is 536 g/mol. The van der Waals surface area contributed by atoms with Gasteiger partial charge in [-0.15, -0.1) is 0 Å². The van der Waals surface area contributed by atoms with Gasteiger partial charge >= 0.3 is 0 Å². The molecule has 0 aliphatic carbocycles. The van der Waals surface area contributed by atoms with Crippen molar-refractivity contribution in [2.75, 3.05) is 57.8 Å². The first-order valence-electron chi connectivity index (χ1n) is 13.9. The van der Waals surface area contributed by atoms with Gasteiger partial charge in [-0.25, -0.2) is 4.98 Å². The molecule has 3 saturated heterocycles. The van der Waals surface area contributed by atoms with E-state index in [0.29, 0.717) is 11.1 Å². The first-order valence-corrected chi connectivity index (χ1v) is 14.2. The zero-order valence-corrected chi connectivity index (χ0v) is 23.3. The van der Waals surface area contributed by atoms with Gasteiger partial charge in [0.25, 0.3) is 0 Å². The Kier molecular flexibility index (Phi) is 6.65. The van der Waals surface area contributed by atoms with E-state index in [4.69, 9.17) is 16.6 Å². The molecule has 1 spiro atoms. The number of halogens is 1. The molecule has 1 atom stereocenters. The van der Waals surface area contributed by atoms with E-state index in [1.54, 1.807) is 18.2 Å². The van der Waals surface area contributed by atoms with Crippen LogP contribution in [0, 0.1) is 12.3 Å². The molecule has 2 aromatic rings. The zero-order valence-electron chi connectivity index (χ0n) is 22.5. The summed E-state index contributed by atoms with van der Waals surface area (Å²) in [5.74, 6) is 1.26. The fourth-order valence-corrected chi connectivity index (χ4v) is 7.45. The first kappa shape index (κ1) is 25.7. The van der Waals surface area contributed by atoms with Gasteiger partial charge in [-0.05, 0) is 87.2 Å². The summed E-state index contributed by atoms with van der Waals surface area (Å²) < 4.78 is 0. The number of carbonyl (C=O) groups is 1. The van der Waals surface area contributed by atoms with Gasteiger partial charge in [0, 0.05) is 67.9 Å². The van der Waals surface area contributed by atoms with Gasteiger partial charge in [-0.3, -0.25) is 9.69 Å². The van der Waals surface area contributed by atoms with Crippen LogP contribution in [-0.4, -0.2) is 89.6 Å². The summed E-state index contributed by atoms with van der Waals surface area (Å²) >= 11 is 6.75. The molecule has 38 heavy (non-hydrogen) atoms. The molecule has 4 aliphatic rings. The lowest BCUT2D eigenvalue weighted by Crippen LogP contribution is -2.59. The molecule has 1 aromatic heterocycles. The lowest BCUT2D eigenvalue weighted by atomic mass is 9.79. The van der Waals surface area contributed by atoms with Crippen LogP contribution in [0.5, 0.6) is 5.75 Å². The van der Waals surface area contributed by atoms with Crippen LogP contribution in [0.3, 0.4) is 0 Å². The minimum atomic E-state index is 0.0198. The number of hydrogen-bond donors (Lipinski definition) is 1. The van der Waals surface area contributed by atoms with E-state index in [1.807, 2.05) is 4.90 Å². The number of nitrogens with zero attached hydrogens (tertiary/aromatic N) is 5. The Morgan fingerprint density at radius 1 is 1.24 bits per heavy atom. The Morgan fingerprint density at radius 2 is 2.05 bits per heavy atom. The van der Waals surface area contributed by atoms with E-state index in [9.17, 15) is 9.90 Å². The van der Waals surface area contributed by atoms with E-state index >= 15 is 0 Å². The number of fused-ring (bicyclic) bond motifs is 1. The van der Waals surface area contributed by atoms with Gasteiger partial charge in [0.1, 0.15) is 11.6 Å².